The molecule has 0 bridgehead atoms. The molecule has 0 saturated heterocycles. The van der Waals surface area contributed by atoms with Crippen molar-refractivity contribution in [2.24, 2.45) is 0 Å². The number of nitrogens with zero attached hydrogens (tertiary/aromatic N) is 3. The Morgan fingerprint density at radius 1 is 1.38 bits per heavy atom. The first-order valence-electron chi connectivity index (χ1n) is 6.88. The van der Waals surface area contributed by atoms with Gasteiger partial charge < -0.3 is 14.4 Å². The van der Waals surface area contributed by atoms with E-state index in [2.05, 4.69) is 23.8 Å². The second-order valence-corrected chi connectivity index (χ2v) is 5.56. The molecule has 2 aromatic rings. The fourth-order valence-electron chi connectivity index (χ4n) is 2.26. The number of thioether (sulfide) groups is 1. The van der Waals surface area contributed by atoms with Gasteiger partial charge in [0, 0.05) is 12.1 Å². The lowest BCUT2D eigenvalue weighted by atomic mass is 10.2. The lowest BCUT2D eigenvalue weighted by molar-refractivity contribution is -0.133. The van der Waals surface area contributed by atoms with Crippen molar-refractivity contribution in [2.45, 2.75) is 37.9 Å². The zero-order valence-electron chi connectivity index (χ0n) is 12.4. The zero-order chi connectivity index (χ0) is 15.4. The Balaban J connectivity index is 2.54. The van der Waals surface area contributed by atoms with Crippen molar-refractivity contribution in [1.29, 1.82) is 0 Å². The molecule has 0 radical (unpaired) electrons. The van der Waals surface area contributed by atoms with E-state index < -0.39 is 5.97 Å². The molecule has 0 unspecified atom stereocenters. The van der Waals surface area contributed by atoms with Crippen molar-refractivity contribution in [1.82, 2.24) is 14.5 Å². The minimum absolute atomic E-state index is 0.0133. The first-order valence-corrected chi connectivity index (χ1v) is 7.86. The summed E-state index contributed by atoms with van der Waals surface area (Å²) in [5, 5.41) is 9.58. The molecule has 0 fully saturated rings. The molecule has 0 aromatic carbocycles. The Morgan fingerprint density at radius 3 is 2.67 bits per heavy atom. The van der Waals surface area contributed by atoms with Gasteiger partial charge in [-0.15, -0.1) is 0 Å². The average Bonchev–Trinajstić information content (AvgIpc) is 2.84. The molecule has 114 valence electrons. The van der Waals surface area contributed by atoms with Gasteiger partial charge in [0.2, 0.25) is 5.88 Å². The maximum atomic E-state index is 10.8. The summed E-state index contributed by atoms with van der Waals surface area (Å²) >= 11 is 1.22. The van der Waals surface area contributed by atoms with E-state index >= 15 is 0 Å². The topological polar surface area (TPSA) is 77.2 Å². The smallest absolute Gasteiger partial charge is 0.313 e. The van der Waals surface area contributed by atoms with Crippen molar-refractivity contribution in [3.05, 3.63) is 12.1 Å². The standard InChI is InChI=1S/C14H19N3O3S/c1-4-9(5-2)17-13-10(6-7-11(16-13)20-3)15-14(17)21-8-12(18)19/h6-7,9H,4-5,8H2,1-3H3,(H,18,19). The number of aromatic nitrogens is 3. The predicted molar refractivity (Wildman–Crippen MR) is 82.1 cm³/mol. The van der Waals surface area contributed by atoms with E-state index in [-0.39, 0.29) is 11.8 Å². The van der Waals surface area contributed by atoms with Crippen LogP contribution in [0.3, 0.4) is 0 Å². The molecule has 0 amide bonds. The van der Waals surface area contributed by atoms with Gasteiger partial charge in [-0.25, -0.2) is 4.98 Å². The van der Waals surface area contributed by atoms with Crippen LogP contribution in [0, 0.1) is 0 Å². The Labute approximate surface area is 127 Å². The molecule has 0 aliphatic rings. The van der Waals surface area contributed by atoms with Crippen LogP contribution in [0.2, 0.25) is 0 Å². The maximum Gasteiger partial charge on any atom is 0.313 e. The van der Waals surface area contributed by atoms with E-state index in [1.807, 2.05) is 10.6 Å². The lowest BCUT2D eigenvalue weighted by Crippen LogP contribution is -2.10. The normalized spacial score (nSPS) is 11.2. The van der Waals surface area contributed by atoms with E-state index in [0.29, 0.717) is 11.0 Å². The number of carboxylic acids is 1. The molecular weight excluding hydrogens is 290 g/mol. The van der Waals surface area contributed by atoms with Crippen LogP contribution in [0.1, 0.15) is 32.7 Å². The summed E-state index contributed by atoms with van der Waals surface area (Å²) in [5.74, 6) is -0.335. The highest BCUT2D eigenvalue weighted by Gasteiger charge is 2.19. The molecule has 2 rings (SSSR count). The Bertz CT molecular complexity index is 638. The van der Waals surface area contributed by atoms with Crippen LogP contribution in [-0.2, 0) is 4.79 Å². The Morgan fingerprint density at radius 2 is 2.10 bits per heavy atom. The van der Waals surface area contributed by atoms with Crippen LogP contribution in [0.15, 0.2) is 17.3 Å². The number of rotatable bonds is 7. The summed E-state index contributed by atoms with van der Waals surface area (Å²) in [6.45, 7) is 4.21. The fraction of sp³-hybridized carbons (Fsp3) is 0.500. The number of carboxylic acid groups (broad SMARTS) is 1. The van der Waals surface area contributed by atoms with Gasteiger partial charge in [0.25, 0.3) is 0 Å². The second-order valence-electron chi connectivity index (χ2n) is 4.61. The average molecular weight is 309 g/mol. The minimum atomic E-state index is -0.853. The third-order valence-corrected chi connectivity index (χ3v) is 4.26. The van der Waals surface area contributed by atoms with Gasteiger partial charge in [-0.1, -0.05) is 25.6 Å². The van der Waals surface area contributed by atoms with E-state index in [1.165, 1.54) is 11.8 Å². The van der Waals surface area contributed by atoms with E-state index in [0.717, 1.165) is 24.0 Å². The first kappa shape index (κ1) is 15.6. The number of hydrogen-bond donors (Lipinski definition) is 1. The van der Waals surface area contributed by atoms with Gasteiger partial charge in [-0.3, -0.25) is 4.79 Å². The van der Waals surface area contributed by atoms with Gasteiger partial charge in [0.15, 0.2) is 10.8 Å². The van der Waals surface area contributed by atoms with Gasteiger partial charge in [-0.2, -0.15) is 4.98 Å². The van der Waals surface area contributed by atoms with Crippen molar-refractivity contribution in [3.8, 4) is 5.88 Å². The molecule has 0 spiro atoms. The van der Waals surface area contributed by atoms with Crippen molar-refractivity contribution in [3.63, 3.8) is 0 Å². The number of fused-ring (bicyclic) bond motifs is 1. The Kier molecular flexibility index (Phi) is 5.06. The lowest BCUT2D eigenvalue weighted by Gasteiger charge is -2.17. The highest BCUT2D eigenvalue weighted by Crippen LogP contribution is 2.30. The molecule has 2 heterocycles. The number of aliphatic carboxylic acids is 1. The number of ether oxygens (including phenoxy) is 1. The number of hydrogen-bond acceptors (Lipinski definition) is 5. The molecule has 0 aliphatic carbocycles. The molecule has 1 N–H and O–H groups in total. The van der Waals surface area contributed by atoms with Crippen LogP contribution < -0.4 is 4.74 Å². The summed E-state index contributed by atoms with van der Waals surface area (Å²) < 4.78 is 7.21. The van der Waals surface area contributed by atoms with Crippen LogP contribution >= 0.6 is 11.8 Å². The van der Waals surface area contributed by atoms with Crippen LogP contribution in [0.4, 0.5) is 0 Å². The minimum Gasteiger partial charge on any atom is -0.481 e. The Hall–Kier alpha value is -1.76. The number of methoxy groups -OCH3 is 1. The molecule has 0 aliphatic heterocycles. The van der Waals surface area contributed by atoms with Crippen LogP contribution in [0.25, 0.3) is 11.2 Å². The number of pyridine rings is 1. The summed E-state index contributed by atoms with van der Waals surface area (Å²) in [4.78, 5) is 19.8. The molecular formula is C14H19N3O3S. The van der Waals surface area contributed by atoms with Gasteiger partial charge in [0.05, 0.1) is 12.9 Å². The third-order valence-electron chi connectivity index (χ3n) is 3.32. The number of carbonyl (C=O) groups is 1. The van der Waals surface area contributed by atoms with E-state index in [9.17, 15) is 4.79 Å². The predicted octanol–water partition coefficient (Wildman–Crippen LogP) is 2.98. The largest absolute Gasteiger partial charge is 0.481 e. The maximum absolute atomic E-state index is 10.8. The fourth-order valence-corrected chi connectivity index (χ4v) is 3.05. The highest BCUT2D eigenvalue weighted by atomic mass is 32.2. The highest BCUT2D eigenvalue weighted by molar-refractivity contribution is 7.99. The van der Waals surface area contributed by atoms with Gasteiger partial charge in [-0.05, 0) is 18.9 Å². The number of imidazole rings is 1. The van der Waals surface area contributed by atoms with Crippen molar-refractivity contribution in [2.75, 3.05) is 12.9 Å². The van der Waals surface area contributed by atoms with E-state index in [1.54, 1.807) is 13.2 Å². The first-order chi connectivity index (χ1) is 10.1. The van der Waals surface area contributed by atoms with E-state index in [4.69, 9.17) is 9.84 Å². The SMILES string of the molecule is CCC(CC)n1c(SCC(=O)O)nc2ccc(OC)nc21. The molecule has 6 nitrogen and oxygen atoms in total. The monoisotopic (exact) mass is 309 g/mol. The summed E-state index contributed by atoms with van der Waals surface area (Å²) in [5.41, 5.74) is 1.51. The summed E-state index contributed by atoms with van der Waals surface area (Å²) in [6.07, 6.45) is 1.86. The molecule has 7 heteroatoms. The molecule has 2 aromatic heterocycles. The molecule has 0 atom stereocenters. The quantitative estimate of drug-likeness (QED) is 0.792. The zero-order valence-corrected chi connectivity index (χ0v) is 13.2. The summed E-state index contributed by atoms with van der Waals surface area (Å²) in [6, 6.07) is 3.86. The van der Waals surface area contributed by atoms with Crippen LogP contribution in [-0.4, -0.2) is 38.5 Å². The summed E-state index contributed by atoms with van der Waals surface area (Å²) in [7, 11) is 1.58. The van der Waals surface area contributed by atoms with Crippen molar-refractivity contribution >= 4 is 28.9 Å². The van der Waals surface area contributed by atoms with Crippen LogP contribution in [0.5, 0.6) is 5.88 Å². The van der Waals surface area contributed by atoms with Gasteiger partial charge in [0.1, 0.15) is 5.52 Å². The molecule has 21 heavy (non-hydrogen) atoms. The third kappa shape index (κ3) is 3.29. The second kappa shape index (κ2) is 6.80. The molecule has 0 saturated carbocycles. The van der Waals surface area contributed by atoms with Crippen molar-refractivity contribution < 1.29 is 14.6 Å². The van der Waals surface area contributed by atoms with Gasteiger partial charge >= 0.3 is 5.97 Å².